The first kappa shape index (κ1) is 13.1. The van der Waals surface area contributed by atoms with Crippen molar-refractivity contribution in [2.45, 2.75) is 52.5 Å². The van der Waals surface area contributed by atoms with Crippen molar-refractivity contribution < 1.29 is 5.11 Å². The van der Waals surface area contributed by atoms with Gasteiger partial charge in [-0.1, -0.05) is 13.3 Å². The van der Waals surface area contributed by atoms with Crippen LogP contribution in [0.15, 0.2) is 4.47 Å². The van der Waals surface area contributed by atoms with Crippen LogP contribution >= 0.6 is 15.9 Å². The summed E-state index contributed by atoms with van der Waals surface area (Å²) in [7, 11) is 0. The van der Waals surface area contributed by atoms with Crippen molar-refractivity contribution in [2.24, 2.45) is 5.41 Å². The third-order valence-electron chi connectivity index (χ3n) is 3.99. The van der Waals surface area contributed by atoms with Crippen LogP contribution in [-0.4, -0.2) is 21.5 Å². The Morgan fingerprint density at radius 1 is 1.41 bits per heavy atom. The summed E-state index contributed by atoms with van der Waals surface area (Å²) in [4.78, 5) is 0. The number of hydrogen-bond donors (Lipinski definition) is 1. The van der Waals surface area contributed by atoms with E-state index in [1.165, 1.54) is 12.1 Å². The highest BCUT2D eigenvalue weighted by molar-refractivity contribution is 9.10. The van der Waals surface area contributed by atoms with Crippen molar-refractivity contribution in [1.29, 1.82) is 0 Å². The van der Waals surface area contributed by atoms with E-state index in [1.54, 1.807) is 0 Å². The van der Waals surface area contributed by atoms with Crippen molar-refractivity contribution in [3.8, 4) is 0 Å². The quantitative estimate of drug-likeness (QED) is 0.908. The van der Waals surface area contributed by atoms with Gasteiger partial charge < -0.3 is 5.11 Å². The molecule has 1 heterocycles. The van der Waals surface area contributed by atoms with Crippen molar-refractivity contribution in [3.05, 3.63) is 15.9 Å². The van der Waals surface area contributed by atoms with Crippen molar-refractivity contribution in [2.75, 3.05) is 6.61 Å². The van der Waals surface area contributed by atoms with Crippen molar-refractivity contribution in [1.82, 2.24) is 9.78 Å². The molecule has 1 saturated carbocycles. The predicted molar refractivity (Wildman–Crippen MR) is 72.1 cm³/mol. The van der Waals surface area contributed by atoms with Gasteiger partial charge in [-0.05, 0) is 54.0 Å². The molecule has 4 heteroatoms. The van der Waals surface area contributed by atoms with E-state index in [2.05, 4.69) is 39.6 Å². The van der Waals surface area contributed by atoms with E-state index in [0.717, 1.165) is 42.4 Å². The third-order valence-corrected chi connectivity index (χ3v) is 4.90. The zero-order valence-electron chi connectivity index (χ0n) is 10.7. The average molecular weight is 301 g/mol. The van der Waals surface area contributed by atoms with Crippen LogP contribution in [0.1, 0.15) is 44.5 Å². The molecule has 0 atom stereocenters. The minimum atomic E-state index is 0.125. The number of aliphatic hydroxyl groups excluding tert-OH is 1. The highest BCUT2D eigenvalue weighted by atomic mass is 79.9. The molecule has 0 saturated heterocycles. The maximum atomic E-state index is 9.57. The Labute approximate surface area is 111 Å². The normalized spacial score (nSPS) is 18.1. The van der Waals surface area contributed by atoms with Gasteiger partial charge in [0, 0.05) is 13.2 Å². The molecular weight excluding hydrogens is 280 g/mol. The fraction of sp³-hybridized carbons (Fsp3) is 0.769. The van der Waals surface area contributed by atoms with Gasteiger partial charge in [-0.25, -0.2) is 0 Å². The Morgan fingerprint density at radius 2 is 2.12 bits per heavy atom. The zero-order valence-corrected chi connectivity index (χ0v) is 12.3. The molecule has 1 aliphatic rings. The Kier molecular flexibility index (Phi) is 3.93. The molecule has 1 aromatic rings. The topological polar surface area (TPSA) is 38.0 Å². The number of rotatable bonds is 5. The van der Waals surface area contributed by atoms with Gasteiger partial charge in [-0.15, -0.1) is 0 Å². The standard InChI is InChI=1S/C13H21BrN2O/c1-3-10-12(14)11(16(4-2)15-10)8-13(9-17)6-5-7-13/h17H,3-9H2,1-2H3. The molecule has 1 aliphatic carbocycles. The summed E-state index contributed by atoms with van der Waals surface area (Å²) in [5, 5.41) is 14.2. The van der Waals surface area contributed by atoms with Gasteiger partial charge >= 0.3 is 0 Å². The number of nitrogens with zero attached hydrogens (tertiary/aromatic N) is 2. The van der Waals surface area contributed by atoms with Crippen LogP contribution in [0.25, 0.3) is 0 Å². The van der Waals surface area contributed by atoms with Gasteiger partial charge in [0.15, 0.2) is 0 Å². The van der Waals surface area contributed by atoms with Crippen molar-refractivity contribution in [3.63, 3.8) is 0 Å². The minimum Gasteiger partial charge on any atom is -0.396 e. The van der Waals surface area contributed by atoms with E-state index in [-0.39, 0.29) is 5.41 Å². The van der Waals surface area contributed by atoms with E-state index < -0.39 is 0 Å². The molecule has 0 spiro atoms. The molecule has 1 N–H and O–H groups in total. The first-order valence-corrected chi connectivity index (χ1v) is 7.30. The lowest BCUT2D eigenvalue weighted by molar-refractivity contribution is 0.0429. The first-order chi connectivity index (χ1) is 8.15. The van der Waals surface area contributed by atoms with Crippen LogP contribution in [0.3, 0.4) is 0 Å². The average Bonchev–Trinajstić information content (AvgIpc) is 2.60. The van der Waals surface area contributed by atoms with Crippen molar-refractivity contribution >= 4 is 15.9 Å². The monoisotopic (exact) mass is 300 g/mol. The van der Waals surface area contributed by atoms with Crippen LogP contribution < -0.4 is 0 Å². The van der Waals surface area contributed by atoms with Crippen LogP contribution in [0.2, 0.25) is 0 Å². The second-order valence-electron chi connectivity index (χ2n) is 5.07. The highest BCUT2D eigenvalue weighted by Crippen LogP contribution is 2.44. The van der Waals surface area contributed by atoms with Crippen LogP contribution in [0.4, 0.5) is 0 Å². The summed E-state index contributed by atoms with van der Waals surface area (Å²) in [5.41, 5.74) is 2.52. The summed E-state index contributed by atoms with van der Waals surface area (Å²) < 4.78 is 3.24. The smallest absolute Gasteiger partial charge is 0.0766 e. The molecule has 2 rings (SSSR count). The predicted octanol–water partition coefficient (Wildman–Crippen LogP) is 2.93. The minimum absolute atomic E-state index is 0.125. The van der Waals surface area contributed by atoms with E-state index in [0.29, 0.717) is 6.61 Å². The lowest BCUT2D eigenvalue weighted by atomic mass is 9.66. The summed E-state index contributed by atoms with van der Waals surface area (Å²) in [6.07, 6.45) is 5.44. The lowest BCUT2D eigenvalue weighted by Gasteiger charge is -2.40. The number of aliphatic hydroxyl groups is 1. The van der Waals surface area contributed by atoms with E-state index >= 15 is 0 Å². The van der Waals surface area contributed by atoms with Crippen LogP contribution in [-0.2, 0) is 19.4 Å². The maximum Gasteiger partial charge on any atom is 0.0766 e. The van der Waals surface area contributed by atoms with E-state index in [9.17, 15) is 5.11 Å². The van der Waals surface area contributed by atoms with E-state index in [1.807, 2.05) is 0 Å². The number of halogens is 1. The van der Waals surface area contributed by atoms with Gasteiger partial charge in [-0.3, -0.25) is 4.68 Å². The maximum absolute atomic E-state index is 9.57. The van der Waals surface area contributed by atoms with Gasteiger partial charge in [0.2, 0.25) is 0 Å². The van der Waals surface area contributed by atoms with Gasteiger partial charge in [-0.2, -0.15) is 5.10 Å². The van der Waals surface area contributed by atoms with Crippen LogP contribution in [0.5, 0.6) is 0 Å². The Bertz CT molecular complexity index is 391. The zero-order chi connectivity index (χ0) is 12.5. The SMILES string of the molecule is CCc1nn(CC)c(CC2(CO)CCC2)c1Br. The first-order valence-electron chi connectivity index (χ1n) is 6.50. The lowest BCUT2D eigenvalue weighted by Crippen LogP contribution is -2.36. The van der Waals surface area contributed by atoms with Crippen LogP contribution in [0, 0.1) is 5.41 Å². The summed E-state index contributed by atoms with van der Waals surface area (Å²) >= 11 is 3.67. The molecule has 0 aliphatic heterocycles. The third kappa shape index (κ3) is 2.29. The van der Waals surface area contributed by atoms with Gasteiger partial charge in [0.1, 0.15) is 0 Å². The molecule has 0 radical (unpaired) electrons. The molecule has 0 bridgehead atoms. The molecule has 0 unspecified atom stereocenters. The molecule has 1 aromatic heterocycles. The Morgan fingerprint density at radius 3 is 2.53 bits per heavy atom. The summed E-state index contributed by atoms with van der Waals surface area (Å²) in [6.45, 7) is 5.45. The van der Waals surface area contributed by atoms with Gasteiger partial charge in [0.25, 0.3) is 0 Å². The number of aryl methyl sites for hydroxylation is 2. The molecule has 3 nitrogen and oxygen atoms in total. The van der Waals surface area contributed by atoms with E-state index in [4.69, 9.17) is 0 Å². The molecule has 1 fully saturated rings. The number of aromatic nitrogens is 2. The second-order valence-corrected chi connectivity index (χ2v) is 5.86. The second kappa shape index (κ2) is 5.11. The fourth-order valence-electron chi connectivity index (χ4n) is 2.61. The molecule has 17 heavy (non-hydrogen) atoms. The summed E-state index contributed by atoms with van der Waals surface area (Å²) in [6, 6.07) is 0. The highest BCUT2D eigenvalue weighted by Gasteiger charge is 2.38. The van der Waals surface area contributed by atoms with Gasteiger partial charge in [0.05, 0.1) is 15.9 Å². The summed E-state index contributed by atoms with van der Waals surface area (Å²) in [5.74, 6) is 0. The molecule has 0 amide bonds. The Balaban J connectivity index is 2.27. The number of hydrogen-bond acceptors (Lipinski definition) is 2. The fourth-order valence-corrected chi connectivity index (χ4v) is 3.31. The largest absolute Gasteiger partial charge is 0.396 e. The molecular formula is C13H21BrN2O. The molecule has 0 aromatic carbocycles. The molecule has 96 valence electrons. The Hall–Kier alpha value is -0.350.